The molecule has 0 saturated heterocycles. The van der Waals surface area contributed by atoms with Crippen LogP contribution in [0, 0.1) is 0 Å². The molecule has 120 valence electrons. The van der Waals surface area contributed by atoms with Crippen LogP contribution in [0.25, 0.3) is 42.1 Å². The zero-order valence-electron chi connectivity index (χ0n) is 13.8. The van der Waals surface area contributed by atoms with E-state index < -0.39 is 0 Å². The summed E-state index contributed by atoms with van der Waals surface area (Å²) in [7, 11) is 1.71. The number of rotatable bonds is 2. The molecule has 2 heteroatoms. The Balaban J connectivity index is 1.95. The van der Waals surface area contributed by atoms with Gasteiger partial charge in [-0.05, 0) is 40.6 Å². The highest BCUT2D eigenvalue weighted by atomic mass is 32.1. The summed E-state index contributed by atoms with van der Waals surface area (Å²) in [5, 5.41) is 5.25. The molecule has 1 nitrogen and oxygen atoms in total. The van der Waals surface area contributed by atoms with E-state index >= 15 is 0 Å². The molecule has 4 aromatic carbocycles. The third kappa shape index (κ3) is 2.22. The second kappa shape index (κ2) is 5.61. The van der Waals surface area contributed by atoms with E-state index in [-0.39, 0.29) is 0 Å². The minimum atomic E-state index is 0.886. The van der Waals surface area contributed by atoms with Crippen LogP contribution >= 0.6 is 11.3 Å². The summed E-state index contributed by atoms with van der Waals surface area (Å²) in [6.45, 7) is 0. The molecule has 0 aliphatic heterocycles. The number of hydrogen-bond donors (Lipinski definition) is 0. The molecule has 0 bridgehead atoms. The largest absolute Gasteiger partial charge is 0.497 e. The van der Waals surface area contributed by atoms with Gasteiger partial charge in [-0.15, -0.1) is 11.3 Å². The number of methoxy groups -OCH3 is 1. The van der Waals surface area contributed by atoms with Gasteiger partial charge >= 0.3 is 0 Å². The van der Waals surface area contributed by atoms with Crippen LogP contribution in [-0.2, 0) is 0 Å². The number of thiophene rings is 1. The predicted molar refractivity (Wildman–Crippen MR) is 109 cm³/mol. The molecule has 1 aromatic heterocycles. The van der Waals surface area contributed by atoms with Crippen molar-refractivity contribution < 1.29 is 4.74 Å². The van der Waals surface area contributed by atoms with Crippen molar-refractivity contribution in [3.05, 3.63) is 78.9 Å². The van der Waals surface area contributed by atoms with Crippen molar-refractivity contribution in [2.45, 2.75) is 0 Å². The summed E-state index contributed by atoms with van der Waals surface area (Å²) in [5.74, 6) is 0.886. The van der Waals surface area contributed by atoms with Crippen LogP contribution in [0.3, 0.4) is 0 Å². The molecule has 0 aliphatic carbocycles. The maximum atomic E-state index is 5.33. The molecule has 0 amide bonds. The van der Waals surface area contributed by atoms with Crippen molar-refractivity contribution in [2.24, 2.45) is 0 Å². The summed E-state index contributed by atoms with van der Waals surface area (Å²) in [5.41, 5.74) is 2.55. The van der Waals surface area contributed by atoms with E-state index in [2.05, 4.69) is 66.7 Å². The van der Waals surface area contributed by atoms with Gasteiger partial charge in [0.25, 0.3) is 0 Å². The van der Waals surface area contributed by atoms with Crippen LogP contribution in [0.1, 0.15) is 0 Å². The Bertz CT molecular complexity index is 1220. The third-order valence-electron chi connectivity index (χ3n) is 4.77. The fraction of sp³-hybridized carbons (Fsp3) is 0.0435. The molecule has 1 heterocycles. The van der Waals surface area contributed by atoms with Gasteiger partial charge < -0.3 is 4.74 Å². The zero-order chi connectivity index (χ0) is 16.8. The Labute approximate surface area is 150 Å². The van der Waals surface area contributed by atoms with Gasteiger partial charge in [0, 0.05) is 25.7 Å². The molecular formula is C23H16OS. The highest BCUT2D eigenvalue weighted by Crippen LogP contribution is 2.44. The van der Waals surface area contributed by atoms with E-state index in [1.165, 1.54) is 42.1 Å². The third-order valence-corrected chi connectivity index (χ3v) is 5.97. The van der Waals surface area contributed by atoms with E-state index in [0.29, 0.717) is 0 Å². The highest BCUT2D eigenvalue weighted by molar-refractivity contribution is 7.26. The minimum Gasteiger partial charge on any atom is -0.497 e. The van der Waals surface area contributed by atoms with Gasteiger partial charge in [-0.3, -0.25) is 0 Å². The van der Waals surface area contributed by atoms with Crippen LogP contribution in [0.15, 0.2) is 78.9 Å². The second-order valence-electron chi connectivity index (χ2n) is 6.18. The van der Waals surface area contributed by atoms with E-state index in [1.807, 2.05) is 23.5 Å². The summed E-state index contributed by atoms with van der Waals surface area (Å²) < 4.78 is 8.02. The fourth-order valence-electron chi connectivity index (χ4n) is 3.57. The Morgan fingerprint density at radius 2 is 1.44 bits per heavy atom. The summed E-state index contributed by atoms with van der Waals surface area (Å²) in [4.78, 5) is 0. The van der Waals surface area contributed by atoms with Gasteiger partial charge in [-0.2, -0.15) is 0 Å². The van der Waals surface area contributed by atoms with Crippen molar-refractivity contribution in [3.8, 4) is 16.9 Å². The van der Waals surface area contributed by atoms with Crippen molar-refractivity contribution in [1.29, 1.82) is 0 Å². The van der Waals surface area contributed by atoms with Gasteiger partial charge in [0.2, 0.25) is 0 Å². The van der Waals surface area contributed by atoms with Crippen molar-refractivity contribution >= 4 is 42.3 Å². The molecule has 0 fully saturated rings. The molecule has 0 atom stereocenters. The van der Waals surface area contributed by atoms with Crippen LogP contribution in [0.2, 0.25) is 0 Å². The first-order valence-electron chi connectivity index (χ1n) is 8.32. The average molecular weight is 340 g/mol. The molecule has 0 radical (unpaired) electrons. The van der Waals surface area contributed by atoms with Crippen LogP contribution < -0.4 is 4.74 Å². The molecule has 5 rings (SSSR count). The Morgan fingerprint density at radius 1 is 0.720 bits per heavy atom. The van der Waals surface area contributed by atoms with Gasteiger partial charge in [-0.25, -0.2) is 0 Å². The molecule has 0 unspecified atom stereocenters. The summed E-state index contributed by atoms with van der Waals surface area (Å²) in [6, 6.07) is 28.0. The molecule has 0 aliphatic rings. The van der Waals surface area contributed by atoms with Crippen molar-refractivity contribution in [1.82, 2.24) is 0 Å². The lowest BCUT2D eigenvalue weighted by Gasteiger charge is -2.10. The Hall–Kier alpha value is -2.84. The molecule has 25 heavy (non-hydrogen) atoms. The van der Waals surface area contributed by atoms with Gasteiger partial charge in [0.15, 0.2) is 0 Å². The lowest BCUT2D eigenvalue weighted by molar-refractivity contribution is 0.415. The normalized spacial score (nSPS) is 11.4. The maximum absolute atomic E-state index is 5.33. The zero-order valence-corrected chi connectivity index (χ0v) is 14.6. The minimum absolute atomic E-state index is 0.886. The Morgan fingerprint density at radius 3 is 2.24 bits per heavy atom. The van der Waals surface area contributed by atoms with E-state index in [1.54, 1.807) is 7.11 Å². The van der Waals surface area contributed by atoms with E-state index in [9.17, 15) is 0 Å². The highest BCUT2D eigenvalue weighted by Gasteiger charge is 2.14. The molecule has 0 N–H and O–H groups in total. The maximum Gasteiger partial charge on any atom is 0.118 e. The molecule has 0 spiro atoms. The summed E-state index contributed by atoms with van der Waals surface area (Å²) >= 11 is 1.88. The van der Waals surface area contributed by atoms with Gasteiger partial charge in [0.1, 0.15) is 5.75 Å². The molecular weight excluding hydrogens is 324 g/mol. The first kappa shape index (κ1) is 14.5. The lowest BCUT2D eigenvalue weighted by atomic mass is 9.95. The van der Waals surface area contributed by atoms with Gasteiger partial charge in [-0.1, -0.05) is 54.6 Å². The number of fused-ring (bicyclic) bond motifs is 4. The smallest absolute Gasteiger partial charge is 0.118 e. The monoisotopic (exact) mass is 340 g/mol. The molecule has 0 saturated carbocycles. The second-order valence-corrected chi connectivity index (χ2v) is 7.23. The SMILES string of the molecule is COc1ccc(-c2c3ccccc3cc3c2sc2ccccc23)cc1. The fourth-order valence-corrected chi connectivity index (χ4v) is 4.83. The average Bonchev–Trinajstić information content (AvgIpc) is 3.04. The topological polar surface area (TPSA) is 9.23 Å². The first-order valence-corrected chi connectivity index (χ1v) is 9.14. The first-order chi connectivity index (χ1) is 12.3. The number of hydrogen-bond acceptors (Lipinski definition) is 2. The van der Waals surface area contributed by atoms with Crippen molar-refractivity contribution in [3.63, 3.8) is 0 Å². The standard InChI is InChI=1S/C23H16OS/c1-24-17-12-10-15(11-13-17)22-18-7-3-2-6-16(18)14-20-19-8-4-5-9-21(19)25-23(20)22/h2-14H,1H3. The van der Waals surface area contributed by atoms with Crippen LogP contribution in [0.4, 0.5) is 0 Å². The number of ether oxygens (including phenoxy) is 1. The summed E-state index contributed by atoms with van der Waals surface area (Å²) in [6.07, 6.45) is 0. The Kier molecular flexibility index (Phi) is 3.25. The number of benzene rings is 4. The van der Waals surface area contributed by atoms with Gasteiger partial charge in [0.05, 0.1) is 7.11 Å². The van der Waals surface area contributed by atoms with E-state index in [4.69, 9.17) is 4.74 Å². The van der Waals surface area contributed by atoms with Crippen molar-refractivity contribution in [2.75, 3.05) is 7.11 Å². The van der Waals surface area contributed by atoms with Crippen LogP contribution in [-0.4, -0.2) is 7.11 Å². The predicted octanol–water partition coefficient (Wildman–Crippen LogP) is 6.88. The van der Waals surface area contributed by atoms with Crippen LogP contribution in [0.5, 0.6) is 5.75 Å². The quantitative estimate of drug-likeness (QED) is 0.340. The molecule has 5 aromatic rings. The van der Waals surface area contributed by atoms with E-state index in [0.717, 1.165) is 5.75 Å². The lowest BCUT2D eigenvalue weighted by Crippen LogP contribution is -1.85.